The van der Waals surface area contributed by atoms with Crippen LogP contribution in [0, 0.1) is 0 Å². The largest absolute Gasteiger partial charge is 0.382 e. The Hall–Kier alpha value is -2.63. The maximum absolute atomic E-state index is 5.83. The summed E-state index contributed by atoms with van der Waals surface area (Å²) in [7, 11) is 1.23. The van der Waals surface area contributed by atoms with Crippen LogP contribution in [0.2, 0.25) is 0 Å². The molecule has 0 atom stereocenters. The van der Waals surface area contributed by atoms with E-state index in [-0.39, 0.29) is 0 Å². The van der Waals surface area contributed by atoms with Crippen LogP contribution >= 0.6 is 39.8 Å². The quantitative estimate of drug-likeness (QED) is 0.0643. The van der Waals surface area contributed by atoms with E-state index in [0.717, 1.165) is 23.7 Å². The summed E-state index contributed by atoms with van der Waals surface area (Å²) in [5.74, 6) is 0.391. The molecule has 0 amide bonds. The van der Waals surface area contributed by atoms with Crippen LogP contribution in [-0.2, 0) is 24.9 Å². The van der Waals surface area contributed by atoms with Crippen molar-refractivity contribution in [3.63, 3.8) is 0 Å². The molecule has 0 spiro atoms. The van der Waals surface area contributed by atoms with Crippen LogP contribution in [0.25, 0.3) is 11.1 Å². The minimum absolute atomic E-state index is 0.391. The first-order chi connectivity index (χ1) is 22.7. The van der Waals surface area contributed by atoms with E-state index in [0.29, 0.717) is 32.3 Å². The Labute approximate surface area is 292 Å². The zero-order valence-electron chi connectivity index (χ0n) is 26.3. The molecule has 5 aromatic carbocycles. The fourth-order valence-electron chi connectivity index (χ4n) is 5.78. The predicted octanol–water partition coefficient (Wildman–Crippen LogP) is 9.10. The molecular formula is C40H41Br2O3P. The Balaban J connectivity index is 0.000000192. The van der Waals surface area contributed by atoms with Gasteiger partial charge in [-0.2, -0.15) is 0 Å². The van der Waals surface area contributed by atoms with Crippen molar-refractivity contribution >= 4 is 55.7 Å². The second-order valence-electron chi connectivity index (χ2n) is 11.0. The van der Waals surface area contributed by atoms with Crippen molar-refractivity contribution in [1.82, 2.24) is 0 Å². The maximum Gasteiger partial charge on any atom is 0.0701 e. The summed E-state index contributed by atoms with van der Waals surface area (Å²) in [6.45, 7) is 3.21. The molecule has 1 aliphatic rings. The van der Waals surface area contributed by atoms with Gasteiger partial charge in [0.2, 0.25) is 0 Å². The van der Waals surface area contributed by atoms with Gasteiger partial charge >= 0.3 is 0 Å². The van der Waals surface area contributed by atoms with Gasteiger partial charge in [0, 0.05) is 30.3 Å². The molecule has 0 radical (unpaired) electrons. The summed E-state index contributed by atoms with van der Waals surface area (Å²) in [5.41, 5.74) is 8.22. The number of rotatable bonds is 14. The van der Waals surface area contributed by atoms with Gasteiger partial charge in [-0.25, -0.2) is 0 Å². The molecule has 0 N–H and O–H groups in total. The molecule has 0 heterocycles. The Morgan fingerprint density at radius 1 is 0.522 bits per heavy atom. The molecule has 0 saturated heterocycles. The third-order valence-corrected chi connectivity index (χ3v) is 11.7. The molecule has 6 heteroatoms. The lowest BCUT2D eigenvalue weighted by molar-refractivity contribution is 0.0238. The topological polar surface area (TPSA) is 27.7 Å². The number of hydrogen-bond acceptors (Lipinski definition) is 3. The zero-order valence-corrected chi connectivity index (χ0v) is 30.4. The van der Waals surface area contributed by atoms with Crippen molar-refractivity contribution in [3.05, 3.63) is 150 Å². The lowest BCUT2D eigenvalue weighted by Gasteiger charge is -2.18. The fraction of sp³-hybridized carbons (Fsp3) is 0.250. The number of halogens is 2. The first-order valence-corrected chi connectivity index (χ1v) is 19.3. The van der Waals surface area contributed by atoms with E-state index < -0.39 is 7.92 Å². The third-order valence-electron chi connectivity index (χ3n) is 7.98. The molecule has 1 aliphatic carbocycles. The van der Waals surface area contributed by atoms with Gasteiger partial charge in [0.05, 0.1) is 26.4 Å². The SMILES string of the molecule is COCCOCCOCCC1c2cc(CBr)ccc2-c2ccc(CBr)cc21.c1ccc(P(c2ccccc2)c2ccccc2)cc1. The van der Waals surface area contributed by atoms with Gasteiger partial charge in [-0.3, -0.25) is 0 Å². The van der Waals surface area contributed by atoms with Crippen LogP contribution in [-0.4, -0.2) is 40.1 Å². The van der Waals surface area contributed by atoms with E-state index in [1.165, 1.54) is 49.3 Å². The lowest BCUT2D eigenvalue weighted by atomic mass is 9.92. The van der Waals surface area contributed by atoms with Gasteiger partial charge in [0.25, 0.3) is 0 Å². The maximum atomic E-state index is 5.83. The van der Waals surface area contributed by atoms with Gasteiger partial charge in [0.15, 0.2) is 0 Å². The smallest absolute Gasteiger partial charge is 0.0701 e. The number of ether oxygens (including phenoxy) is 3. The van der Waals surface area contributed by atoms with Crippen molar-refractivity contribution in [2.45, 2.75) is 23.0 Å². The molecule has 3 nitrogen and oxygen atoms in total. The summed E-state index contributed by atoms with van der Waals surface area (Å²) in [6.07, 6.45) is 0.982. The minimum atomic E-state index is -0.446. The van der Waals surface area contributed by atoms with E-state index in [4.69, 9.17) is 14.2 Å². The van der Waals surface area contributed by atoms with E-state index in [2.05, 4.69) is 159 Å². The Kier molecular flexibility index (Phi) is 14.1. The minimum Gasteiger partial charge on any atom is -0.382 e. The van der Waals surface area contributed by atoms with Crippen LogP contribution in [0.1, 0.15) is 34.6 Å². The molecule has 0 unspecified atom stereocenters. The standard InChI is InChI=1S/C22H26Br2O3.C18H15P/c1-25-8-9-27-11-10-26-7-6-20-21-12-16(14-23)2-4-18(21)19-5-3-17(15-24)13-22(19)20;1-4-10-16(11-5-1)19(17-12-6-2-7-13-17)18-14-8-3-9-15-18/h2-5,12-13,20H,6-11,14-15H2,1H3;1-15H. The molecular weight excluding hydrogens is 719 g/mol. The molecule has 238 valence electrons. The van der Waals surface area contributed by atoms with E-state index >= 15 is 0 Å². The number of alkyl halides is 2. The highest BCUT2D eigenvalue weighted by Gasteiger charge is 2.28. The van der Waals surface area contributed by atoms with Gasteiger partial charge in [-0.15, -0.1) is 0 Å². The highest BCUT2D eigenvalue weighted by Crippen LogP contribution is 2.47. The van der Waals surface area contributed by atoms with Crippen molar-refractivity contribution in [1.29, 1.82) is 0 Å². The Morgan fingerprint density at radius 2 is 0.935 bits per heavy atom. The Bertz CT molecular complexity index is 1470. The molecule has 5 aromatic rings. The molecule has 46 heavy (non-hydrogen) atoms. The monoisotopic (exact) mass is 758 g/mol. The van der Waals surface area contributed by atoms with Crippen molar-refractivity contribution in [2.75, 3.05) is 40.1 Å². The molecule has 0 bridgehead atoms. The first-order valence-electron chi connectivity index (χ1n) is 15.7. The van der Waals surface area contributed by atoms with Crippen molar-refractivity contribution < 1.29 is 14.2 Å². The average molecular weight is 761 g/mol. The summed E-state index contributed by atoms with van der Waals surface area (Å²) in [6, 6.07) is 46.0. The third kappa shape index (κ3) is 9.25. The van der Waals surface area contributed by atoms with Crippen LogP contribution < -0.4 is 15.9 Å². The van der Waals surface area contributed by atoms with Crippen molar-refractivity contribution in [3.8, 4) is 11.1 Å². The summed E-state index contributed by atoms with van der Waals surface area (Å²) < 4.78 is 16.3. The molecule has 0 saturated carbocycles. The average Bonchev–Trinajstić information content (AvgIpc) is 3.43. The highest BCUT2D eigenvalue weighted by molar-refractivity contribution is 9.08. The fourth-order valence-corrected chi connectivity index (χ4v) is 8.78. The van der Waals surface area contributed by atoms with Gasteiger partial charge in [-0.05, 0) is 63.6 Å². The van der Waals surface area contributed by atoms with Gasteiger partial charge in [-0.1, -0.05) is 159 Å². The number of fused-ring (bicyclic) bond motifs is 3. The molecule has 0 aromatic heterocycles. The number of hydrogen-bond donors (Lipinski definition) is 0. The van der Waals surface area contributed by atoms with E-state index in [1.54, 1.807) is 7.11 Å². The number of methoxy groups -OCH3 is 1. The van der Waals surface area contributed by atoms with Gasteiger partial charge in [0.1, 0.15) is 0 Å². The normalized spacial score (nSPS) is 12.0. The summed E-state index contributed by atoms with van der Waals surface area (Å²) in [5, 5.41) is 5.95. The van der Waals surface area contributed by atoms with Crippen LogP contribution in [0.15, 0.2) is 127 Å². The van der Waals surface area contributed by atoms with Crippen molar-refractivity contribution in [2.24, 2.45) is 0 Å². The van der Waals surface area contributed by atoms with Crippen LogP contribution in [0.5, 0.6) is 0 Å². The molecule has 6 rings (SSSR count). The van der Waals surface area contributed by atoms with E-state index in [1.807, 2.05) is 0 Å². The second kappa shape index (κ2) is 18.6. The second-order valence-corrected chi connectivity index (χ2v) is 14.4. The summed E-state index contributed by atoms with van der Waals surface area (Å²) >= 11 is 7.18. The zero-order chi connectivity index (χ0) is 32.0. The Morgan fingerprint density at radius 3 is 1.35 bits per heavy atom. The highest BCUT2D eigenvalue weighted by atomic mass is 79.9. The van der Waals surface area contributed by atoms with Crippen LogP contribution in [0.4, 0.5) is 0 Å². The predicted molar refractivity (Wildman–Crippen MR) is 202 cm³/mol. The first kappa shape index (κ1) is 34.7. The number of benzene rings is 5. The lowest BCUT2D eigenvalue weighted by Crippen LogP contribution is -2.20. The summed E-state index contributed by atoms with van der Waals surface area (Å²) in [4.78, 5) is 0. The van der Waals surface area contributed by atoms with Gasteiger partial charge < -0.3 is 14.2 Å². The molecule has 0 aliphatic heterocycles. The molecule has 0 fully saturated rings. The van der Waals surface area contributed by atoms with Crippen LogP contribution in [0.3, 0.4) is 0 Å². The van der Waals surface area contributed by atoms with E-state index in [9.17, 15) is 0 Å².